The Morgan fingerprint density at radius 1 is 1.32 bits per heavy atom. The molecule has 34 heavy (non-hydrogen) atoms. The van der Waals surface area contributed by atoms with Crippen LogP contribution in [-0.4, -0.2) is 47.5 Å². The molecule has 1 unspecified atom stereocenters. The van der Waals surface area contributed by atoms with E-state index in [1.807, 2.05) is 6.07 Å². The van der Waals surface area contributed by atoms with E-state index in [2.05, 4.69) is 48.4 Å². The second-order valence-electron chi connectivity index (χ2n) is 9.58. The largest absolute Gasteiger partial charge is 0.488 e. The Hall–Kier alpha value is -2.95. The van der Waals surface area contributed by atoms with Crippen LogP contribution in [0.2, 0.25) is 0 Å². The van der Waals surface area contributed by atoms with Crippen LogP contribution in [0.4, 0.5) is 0 Å². The van der Waals surface area contributed by atoms with E-state index in [4.69, 9.17) is 9.47 Å². The highest BCUT2D eigenvalue weighted by atomic mass is 16.5. The molecule has 7 nitrogen and oxygen atoms in total. The number of nitrogens with one attached hydrogen (secondary N) is 1. The van der Waals surface area contributed by atoms with Crippen molar-refractivity contribution in [2.45, 2.75) is 64.5 Å². The number of nitrogens with zero attached hydrogens (tertiary/aromatic N) is 2. The summed E-state index contributed by atoms with van der Waals surface area (Å²) in [5.41, 5.74) is 3.70. The first-order valence-electron chi connectivity index (χ1n) is 12.0. The van der Waals surface area contributed by atoms with Crippen molar-refractivity contribution in [3.63, 3.8) is 0 Å². The van der Waals surface area contributed by atoms with E-state index in [9.17, 15) is 15.2 Å². The van der Waals surface area contributed by atoms with Crippen molar-refractivity contribution in [1.29, 1.82) is 5.26 Å². The maximum absolute atomic E-state index is 11.6. The maximum Gasteiger partial charge on any atom is 0.306 e. The van der Waals surface area contributed by atoms with Crippen LogP contribution >= 0.6 is 0 Å². The SMILES string of the molecule is CCOC(=O)CCc1cnc(C#N)c(OCC(O)CNC(C)(C)CC2Cc3ccccc3C2)c1. The van der Waals surface area contributed by atoms with Gasteiger partial charge >= 0.3 is 5.97 Å². The van der Waals surface area contributed by atoms with Crippen LogP contribution in [0, 0.1) is 17.2 Å². The molecule has 0 fully saturated rings. The fourth-order valence-electron chi connectivity index (χ4n) is 4.52. The maximum atomic E-state index is 11.6. The zero-order valence-corrected chi connectivity index (χ0v) is 20.3. The molecule has 7 heteroatoms. The summed E-state index contributed by atoms with van der Waals surface area (Å²) in [5.74, 6) is 0.626. The number of benzene rings is 1. The molecule has 0 radical (unpaired) electrons. The molecular weight excluding hydrogens is 430 g/mol. The molecule has 2 aromatic rings. The summed E-state index contributed by atoms with van der Waals surface area (Å²) in [7, 11) is 0. The minimum absolute atomic E-state index is 0.0373. The Kier molecular flexibility index (Phi) is 9.03. The predicted octanol–water partition coefficient (Wildman–Crippen LogP) is 3.36. The molecule has 1 aromatic heterocycles. The molecule has 182 valence electrons. The molecule has 0 aliphatic heterocycles. The molecule has 0 saturated carbocycles. The third-order valence-corrected chi connectivity index (χ3v) is 6.12. The quantitative estimate of drug-likeness (QED) is 0.463. The van der Waals surface area contributed by atoms with E-state index >= 15 is 0 Å². The van der Waals surface area contributed by atoms with Crippen molar-refractivity contribution in [3.05, 3.63) is 58.9 Å². The van der Waals surface area contributed by atoms with E-state index in [1.54, 1.807) is 19.2 Å². The van der Waals surface area contributed by atoms with Gasteiger partial charge in [0.25, 0.3) is 0 Å². The first-order chi connectivity index (χ1) is 16.3. The summed E-state index contributed by atoms with van der Waals surface area (Å²) < 4.78 is 10.7. The third kappa shape index (κ3) is 7.54. The van der Waals surface area contributed by atoms with Gasteiger partial charge in [-0.15, -0.1) is 0 Å². The van der Waals surface area contributed by atoms with Gasteiger partial charge in [0.2, 0.25) is 0 Å². The van der Waals surface area contributed by atoms with Crippen LogP contribution in [0.25, 0.3) is 0 Å². The number of nitriles is 1. The number of aryl methyl sites for hydroxylation is 1. The Morgan fingerprint density at radius 3 is 2.68 bits per heavy atom. The van der Waals surface area contributed by atoms with Crippen LogP contribution in [0.15, 0.2) is 36.5 Å². The highest BCUT2D eigenvalue weighted by Gasteiger charge is 2.28. The molecule has 1 atom stereocenters. The summed E-state index contributed by atoms with van der Waals surface area (Å²) in [5, 5.41) is 23.3. The number of aromatic nitrogens is 1. The summed E-state index contributed by atoms with van der Waals surface area (Å²) in [6.45, 7) is 6.85. The van der Waals surface area contributed by atoms with Crippen molar-refractivity contribution in [3.8, 4) is 11.8 Å². The van der Waals surface area contributed by atoms with Crippen molar-refractivity contribution in [2.75, 3.05) is 19.8 Å². The van der Waals surface area contributed by atoms with Crippen LogP contribution in [0.1, 0.15) is 56.0 Å². The van der Waals surface area contributed by atoms with Crippen LogP contribution in [0.3, 0.4) is 0 Å². The second-order valence-corrected chi connectivity index (χ2v) is 9.58. The van der Waals surface area contributed by atoms with Crippen LogP contribution in [-0.2, 0) is 28.8 Å². The molecule has 0 amide bonds. The second kappa shape index (κ2) is 12.0. The summed E-state index contributed by atoms with van der Waals surface area (Å²) in [6.07, 6.45) is 4.71. The number of rotatable bonds is 12. The van der Waals surface area contributed by atoms with Crippen molar-refractivity contribution >= 4 is 5.97 Å². The monoisotopic (exact) mass is 465 g/mol. The topological polar surface area (TPSA) is 104 Å². The molecule has 2 N–H and O–H groups in total. The lowest BCUT2D eigenvalue weighted by Crippen LogP contribution is -2.46. The van der Waals surface area contributed by atoms with Gasteiger partial charge in [0, 0.05) is 24.7 Å². The van der Waals surface area contributed by atoms with Crippen molar-refractivity contribution in [2.24, 2.45) is 5.92 Å². The minimum atomic E-state index is -0.741. The number of aliphatic hydroxyl groups is 1. The smallest absolute Gasteiger partial charge is 0.306 e. The lowest BCUT2D eigenvalue weighted by molar-refractivity contribution is -0.143. The number of β-amino-alcohol motifs (C(OH)–C–C–N with tert-alkyl or cyclic N) is 1. The van der Waals surface area contributed by atoms with Gasteiger partial charge < -0.3 is 19.9 Å². The summed E-state index contributed by atoms with van der Waals surface area (Å²) >= 11 is 0. The number of pyridine rings is 1. The Labute approximate surface area is 202 Å². The number of hydrogen-bond donors (Lipinski definition) is 2. The number of hydrogen-bond acceptors (Lipinski definition) is 7. The highest BCUT2D eigenvalue weighted by Crippen LogP contribution is 2.31. The molecule has 1 aliphatic carbocycles. The van der Waals surface area contributed by atoms with Crippen molar-refractivity contribution < 1.29 is 19.4 Å². The van der Waals surface area contributed by atoms with E-state index in [0.717, 1.165) is 24.8 Å². The number of fused-ring (bicyclic) bond motifs is 1. The fourth-order valence-corrected chi connectivity index (χ4v) is 4.52. The Balaban J connectivity index is 1.46. The van der Waals surface area contributed by atoms with Gasteiger partial charge in [0.05, 0.1) is 6.61 Å². The molecule has 1 aromatic carbocycles. The zero-order chi connectivity index (χ0) is 24.6. The van der Waals surface area contributed by atoms with Gasteiger partial charge in [-0.25, -0.2) is 4.98 Å². The average Bonchev–Trinajstić information content (AvgIpc) is 3.22. The Bertz CT molecular complexity index is 990. The normalized spacial score (nSPS) is 14.3. The Morgan fingerprint density at radius 2 is 2.03 bits per heavy atom. The summed E-state index contributed by atoms with van der Waals surface area (Å²) in [6, 6.07) is 12.3. The van der Waals surface area contributed by atoms with Crippen LogP contribution < -0.4 is 10.1 Å². The first kappa shape index (κ1) is 25.7. The van der Waals surface area contributed by atoms with Crippen LogP contribution in [0.5, 0.6) is 5.75 Å². The minimum Gasteiger partial charge on any atom is -0.488 e. The standard InChI is InChI=1S/C27H35N3O4/c1-4-33-26(32)10-9-19-13-25(24(15-28)29-16-19)34-18-23(31)17-30-27(2,3)14-20-11-21-7-5-6-8-22(21)12-20/h5-8,13,16,20,23,30-31H,4,9-12,14,17-18H2,1-3H3. The van der Waals surface area contributed by atoms with Gasteiger partial charge in [-0.05, 0) is 75.1 Å². The number of carbonyl (C=O) groups is 1. The summed E-state index contributed by atoms with van der Waals surface area (Å²) in [4.78, 5) is 15.7. The van der Waals surface area contributed by atoms with Gasteiger partial charge in [-0.2, -0.15) is 5.26 Å². The number of esters is 1. The van der Waals surface area contributed by atoms with E-state index in [-0.39, 0.29) is 30.2 Å². The molecule has 0 saturated heterocycles. The lowest BCUT2D eigenvalue weighted by Gasteiger charge is -2.30. The lowest BCUT2D eigenvalue weighted by atomic mass is 9.88. The first-order valence-corrected chi connectivity index (χ1v) is 12.0. The molecular formula is C27H35N3O4. The zero-order valence-electron chi connectivity index (χ0n) is 20.3. The molecule has 0 spiro atoms. The molecule has 1 aliphatic rings. The molecule has 0 bridgehead atoms. The van der Waals surface area contributed by atoms with E-state index < -0.39 is 6.10 Å². The van der Waals surface area contributed by atoms with Gasteiger partial charge in [0.1, 0.15) is 18.8 Å². The highest BCUT2D eigenvalue weighted by molar-refractivity contribution is 5.69. The predicted molar refractivity (Wildman–Crippen MR) is 129 cm³/mol. The van der Waals surface area contributed by atoms with Gasteiger partial charge in [-0.3, -0.25) is 4.79 Å². The number of ether oxygens (including phenoxy) is 2. The van der Waals surface area contributed by atoms with E-state index in [1.165, 1.54) is 11.1 Å². The fraction of sp³-hybridized carbons (Fsp3) is 0.519. The van der Waals surface area contributed by atoms with Crippen molar-refractivity contribution in [1.82, 2.24) is 10.3 Å². The van der Waals surface area contributed by atoms with E-state index in [0.29, 0.717) is 31.2 Å². The third-order valence-electron chi connectivity index (χ3n) is 6.12. The van der Waals surface area contributed by atoms with Gasteiger partial charge in [0.15, 0.2) is 11.4 Å². The average molecular weight is 466 g/mol. The molecule has 1 heterocycles. The molecule has 3 rings (SSSR count). The van der Waals surface area contributed by atoms with Gasteiger partial charge in [-0.1, -0.05) is 24.3 Å². The number of carbonyl (C=O) groups excluding carboxylic acids is 1. The number of aliphatic hydroxyl groups excluding tert-OH is 1.